The summed E-state index contributed by atoms with van der Waals surface area (Å²) in [5.74, 6) is 0.0510. The van der Waals surface area contributed by atoms with Crippen LogP contribution in [0.3, 0.4) is 0 Å². The second-order valence-electron chi connectivity index (χ2n) is 5.15. The van der Waals surface area contributed by atoms with Crippen molar-refractivity contribution >= 4 is 11.8 Å². The Kier molecular flexibility index (Phi) is 3.89. The zero-order valence-electron chi connectivity index (χ0n) is 10.4. The summed E-state index contributed by atoms with van der Waals surface area (Å²) in [5, 5.41) is 0. The number of esters is 1. The van der Waals surface area contributed by atoms with Gasteiger partial charge in [-0.25, -0.2) is 4.79 Å². The van der Waals surface area contributed by atoms with Gasteiger partial charge in [-0.05, 0) is 31.1 Å². The summed E-state index contributed by atoms with van der Waals surface area (Å²) in [6.07, 6.45) is 5.21. The van der Waals surface area contributed by atoms with Crippen molar-refractivity contribution in [1.29, 1.82) is 0 Å². The van der Waals surface area contributed by atoms with Gasteiger partial charge in [0, 0.05) is 12.0 Å². The molecule has 0 aliphatic heterocycles. The van der Waals surface area contributed by atoms with Crippen LogP contribution in [-0.4, -0.2) is 18.9 Å². The van der Waals surface area contributed by atoms with Crippen LogP contribution in [0.2, 0.25) is 0 Å². The lowest BCUT2D eigenvalue weighted by Crippen LogP contribution is -2.24. The highest BCUT2D eigenvalue weighted by atomic mass is 16.5. The summed E-state index contributed by atoms with van der Waals surface area (Å²) in [6.45, 7) is 5.91. The van der Waals surface area contributed by atoms with Crippen molar-refractivity contribution in [2.45, 2.75) is 33.6 Å². The van der Waals surface area contributed by atoms with Crippen molar-refractivity contribution in [3.05, 3.63) is 12.2 Å². The first kappa shape index (κ1) is 12.9. The quantitative estimate of drug-likeness (QED) is 0.546. The molecule has 1 fully saturated rings. The minimum absolute atomic E-state index is 0.0518. The van der Waals surface area contributed by atoms with Gasteiger partial charge in [0.15, 0.2) is 0 Å². The highest BCUT2D eigenvalue weighted by Crippen LogP contribution is 2.47. The van der Waals surface area contributed by atoms with Crippen LogP contribution < -0.4 is 0 Å². The fourth-order valence-electron chi connectivity index (χ4n) is 2.52. The van der Waals surface area contributed by atoms with Gasteiger partial charge in [-0.15, -0.1) is 0 Å². The van der Waals surface area contributed by atoms with Crippen molar-refractivity contribution in [1.82, 2.24) is 0 Å². The Morgan fingerprint density at radius 2 is 2.00 bits per heavy atom. The van der Waals surface area contributed by atoms with E-state index in [1.54, 1.807) is 6.92 Å². The normalized spacial score (nSPS) is 28.2. The molecule has 0 saturated heterocycles. The Bertz CT molecular complexity index is 315. The van der Waals surface area contributed by atoms with E-state index in [0.717, 1.165) is 12.8 Å². The third-order valence-electron chi connectivity index (χ3n) is 3.60. The fraction of sp³-hybridized carbons (Fsp3) is 0.692. The van der Waals surface area contributed by atoms with Gasteiger partial charge in [0.25, 0.3) is 0 Å². The van der Waals surface area contributed by atoms with Gasteiger partial charge in [0.1, 0.15) is 5.78 Å². The van der Waals surface area contributed by atoms with E-state index < -0.39 is 0 Å². The number of hydrogen-bond donors (Lipinski definition) is 0. The molecule has 1 aliphatic carbocycles. The number of Topliss-reactive ketones (excluding diaryl/α,β-unsaturated/α-hetero) is 1. The number of hydrogen-bond acceptors (Lipinski definition) is 3. The molecule has 0 amide bonds. The molecule has 1 rings (SSSR count). The SMILES string of the molecule is COC(=O)/C=C/C1C(C(C)=O)CCC1(C)C. The van der Waals surface area contributed by atoms with Gasteiger partial charge < -0.3 is 4.74 Å². The maximum absolute atomic E-state index is 11.5. The molecule has 0 heterocycles. The van der Waals surface area contributed by atoms with E-state index in [4.69, 9.17) is 0 Å². The van der Waals surface area contributed by atoms with Crippen LogP contribution in [0, 0.1) is 17.3 Å². The van der Waals surface area contributed by atoms with Crippen molar-refractivity contribution in [2.24, 2.45) is 17.3 Å². The van der Waals surface area contributed by atoms with Crippen molar-refractivity contribution in [2.75, 3.05) is 7.11 Å². The topological polar surface area (TPSA) is 43.4 Å². The Morgan fingerprint density at radius 3 is 2.50 bits per heavy atom. The van der Waals surface area contributed by atoms with E-state index in [2.05, 4.69) is 18.6 Å². The second-order valence-corrected chi connectivity index (χ2v) is 5.15. The Morgan fingerprint density at radius 1 is 1.38 bits per heavy atom. The third-order valence-corrected chi connectivity index (χ3v) is 3.60. The summed E-state index contributed by atoms with van der Waals surface area (Å²) >= 11 is 0. The molecule has 16 heavy (non-hydrogen) atoms. The molecule has 0 spiro atoms. The largest absolute Gasteiger partial charge is 0.466 e. The minimum atomic E-state index is -0.356. The number of methoxy groups -OCH3 is 1. The first-order valence-corrected chi connectivity index (χ1v) is 5.65. The van der Waals surface area contributed by atoms with Gasteiger partial charge in [-0.3, -0.25) is 4.79 Å². The Hall–Kier alpha value is -1.12. The van der Waals surface area contributed by atoms with Gasteiger partial charge in [-0.1, -0.05) is 19.9 Å². The van der Waals surface area contributed by atoms with E-state index in [-0.39, 0.29) is 29.0 Å². The molecule has 0 N–H and O–H groups in total. The van der Waals surface area contributed by atoms with Crippen molar-refractivity contribution in [3.63, 3.8) is 0 Å². The summed E-state index contributed by atoms with van der Waals surface area (Å²) in [6, 6.07) is 0. The van der Waals surface area contributed by atoms with Crippen LogP contribution >= 0.6 is 0 Å². The number of rotatable bonds is 3. The van der Waals surface area contributed by atoms with E-state index in [1.807, 2.05) is 6.08 Å². The third kappa shape index (κ3) is 2.71. The van der Waals surface area contributed by atoms with E-state index in [1.165, 1.54) is 13.2 Å². The van der Waals surface area contributed by atoms with Gasteiger partial charge in [0.05, 0.1) is 7.11 Å². The van der Waals surface area contributed by atoms with Crippen LogP contribution in [-0.2, 0) is 14.3 Å². The number of carbonyl (C=O) groups is 2. The van der Waals surface area contributed by atoms with E-state index >= 15 is 0 Å². The minimum Gasteiger partial charge on any atom is -0.466 e. The second kappa shape index (κ2) is 4.81. The lowest BCUT2D eigenvalue weighted by molar-refractivity contribution is -0.135. The molecule has 0 aromatic heterocycles. The fourth-order valence-corrected chi connectivity index (χ4v) is 2.52. The molecule has 3 nitrogen and oxygen atoms in total. The standard InChI is InChI=1S/C13H20O3/c1-9(14)10-7-8-13(2,3)11(10)5-6-12(15)16-4/h5-6,10-11H,7-8H2,1-4H3/b6-5+. The molecule has 2 unspecified atom stereocenters. The van der Waals surface area contributed by atoms with Crippen LogP contribution in [0.1, 0.15) is 33.6 Å². The van der Waals surface area contributed by atoms with E-state index in [9.17, 15) is 9.59 Å². The summed E-state index contributed by atoms with van der Waals surface area (Å²) in [7, 11) is 1.36. The number of ketones is 1. The summed E-state index contributed by atoms with van der Waals surface area (Å²) < 4.78 is 4.56. The zero-order valence-corrected chi connectivity index (χ0v) is 10.4. The molecule has 3 heteroatoms. The highest BCUT2D eigenvalue weighted by Gasteiger charge is 2.42. The van der Waals surface area contributed by atoms with Crippen molar-refractivity contribution < 1.29 is 14.3 Å². The first-order chi connectivity index (χ1) is 7.38. The molecule has 0 aromatic carbocycles. The highest BCUT2D eigenvalue weighted by molar-refractivity contribution is 5.82. The van der Waals surface area contributed by atoms with Gasteiger partial charge in [0.2, 0.25) is 0 Å². The Balaban J connectivity index is 2.83. The average Bonchev–Trinajstić information content (AvgIpc) is 2.50. The number of carbonyl (C=O) groups excluding carboxylic acids is 2. The molecule has 90 valence electrons. The van der Waals surface area contributed by atoms with Crippen LogP contribution in [0.15, 0.2) is 12.2 Å². The molecule has 1 saturated carbocycles. The predicted octanol–water partition coefficient (Wildman–Crippen LogP) is 2.36. The average molecular weight is 224 g/mol. The molecular weight excluding hydrogens is 204 g/mol. The van der Waals surface area contributed by atoms with Gasteiger partial charge in [-0.2, -0.15) is 0 Å². The molecule has 0 radical (unpaired) electrons. The molecular formula is C13H20O3. The van der Waals surface area contributed by atoms with Crippen LogP contribution in [0.4, 0.5) is 0 Å². The molecule has 2 atom stereocenters. The number of allylic oxidation sites excluding steroid dienone is 1. The lowest BCUT2D eigenvalue weighted by atomic mass is 9.77. The maximum atomic E-state index is 11.5. The lowest BCUT2D eigenvalue weighted by Gasteiger charge is -2.26. The zero-order chi connectivity index (χ0) is 12.3. The molecule has 1 aliphatic rings. The monoisotopic (exact) mass is 224 g/mol. The molecule has 0 bridgehead atoms. The summed E-state index contributed by atoms with van der Waals surface area (Å²) in [5.41, 5.74) is 0.0842. The first-order valence-electron chi connectivity index (χ1n) is 5.65. The van der Waals surface area contributed by atoms with E-state index in [0.29, 0.717) is 0 Å². The van der Waals surface area contributed by atoms with Gasteiger partial charge >= 0.3 is 5.97 Å². The van der Waals surface area contributed by atoms with Crippen LogP contribution in [0.25, 0.3) is 0 Å². The Labute approximate surface area is 96.9 Å². The maximum Gasteiger partial charge on any atom is 0.330 e. The molecule has 0 aromatic rings. The smallest absolute Gasteiger partial charge is 0.330 e. The predicted molar refractivity (Wildman–Crippen MR) is 61.8 cm³/mol. The van der Waals surface area contributed by atoms with Crippen molar-refractivity contribution in [3.8, 4) is 0 Å². The summed E-state index contributed by atoms with van der Waals surface area (Å²) in [4.78, 5) is 22.6. The van der Waals surface area contributed by atoms with Crippen LogP contribution in [0.5, 0.6) is 0 Å². The number of ether oxygens (including phenoxy) is 1.